The first kappa shape index (κ1) is 28.7. The van der Waals surface area contributed by atoms with Crippen LogP contribution in [-0.2, 0) is 11.3 Å². The van der Waals surface area contributed by atoms with Gasteiger partial charge in [0.25, 0.3) is 5.91 Å². The zero-order valence-electron chi connectivity index (χ0n) is 20.7. The Bertz CT molecular complexity index is 1310. The van der Waals surface area contributed by atoms with Crippen molar-refractivity contribution in [3.05, 3.63) is 45.0 Å². The van der Waals surface area contributed by atoms with Crippen LogP contribution in [0.4, 0.5) is 15.3 Å². The molecule has 3 aromatic heterocycles. The lowest BCUT2D eigenvalue weighted by Crippen LogP contribution is -2.37. The fraction of sp³-hybridized carbons (Fsp3) is 0.440. The molecule has 0 unspecified atom stereocenters. The van der Waals surface area contributed by atoms with Crippen molar-refractivity contribution in [3.63, 3.8) is 0 Å². The third kappa shape index (κ3) is 6.28. The highest BCUT2D eigenvalue weighted by Gasteiger charge is 2.28. The van der Waals surface area contributed by atoms with Crippen molar-refractivity contribution < 1.29 is 19.1 Å². The molecule has 0 aliphatic carbocycles. The monoisotopic (exact) mass is 599 g/mol. The van der Waals surface area contributed by atoms with Crippen molar-refractivity contribution >= 4 is 69.5 Å². The number of aromatic nitrogens is 2. The Morgan fingerprint density at radius 1 is 1.24 bits per heavy atom. The maximum atomic E-state index is 14.9. The summed E-state index contributed by atoms with van der Waals surface area (Å²) in [5.74, 6) is -2.22. The molecule has 2 aliphatic rings. The molecule has 2 saturated heterocycles. The maximum absolute atomic E-state index is 14.9. The summed E-state index contributed by atoms with van der Waals surface area (Å²) in [6.45, 7) is 4.79. The predicted molar refractivity (Wildman–Crippen MR) is 152 cm³/mol. The largest absolute Gasteiger partial charge is 0.481 e. The number of nitrogens with zero attached hydrogens (tertiary/aromatic N) is 4. The quantitative estimate of drug-likeness (QED) is 0.342. The Balaban J connectivity index is 0.00000336. The Morgan fingerprint density at radius 3 is 2.61 bits per heavy atom. The van der Waals surface area contributed by atoms with Gasteiger partial charge in [-0.1, -0.05) is 22.9 Å². The van der Waals surface area contributed by atoms with Gasteiger partial charge in [0.05, 0.1) is 27.1 Å². The maximum Gasteiger partial charge on any atom is 0.306 e. The third-order valence-electron chi connectivity index (χ3n) is 6.98. The summed E-state index contributed by atoms with van der Waals surface area (Å²) < 4.78 is 14.9. The van der Waals surface area contributed by atoms with Gasteiger partial charge in [-0.2, -0.15) is 0 Å². The Labute approximate surface area is 239 Å². The zero-order valence-corrected chi connectivity index (χ0v) is 23.9. The first-order chi connectivity index (χ1) is 17.8. The molecular formula is C25H28Cl2FN5O3S2. The van der Waals surface area contributed by atoms with Crippen molar-refractivity contribution in [2.75, 3.05) is 29.9 Å². The number of nitrogens with one attached hydrogen (secondary N) is 1. The minimum atomic E-state index is -0.828. The highest BCUT2D eigenvalue weighted by Crippen LogP contribution is 2.38. The van der Waals surface area contributed by atoms with Crippen LogP contribution in [0.3, 0.4) is 0 Å². The number of thiophene rings is 1. The van der Waals surface area contributed by atoms with E-state index in [9.17, 15) is 19.1 Å². The number of hydrogen-bond donors (Lipinski definition) is 2. The van der Waals surface area contributed by atoms with Gasteiger partial charge in [-0.05, 0) is 51.3 Å². The van der Waals surface area contributed by atoms with E-state index >= 15 is 0 Å². The number of thiazole rings is 1. The smallest absolute Gasteiger partial charge is 0.306 e. The summed E-state index contributed by atoms with van der Waals surface area (Å²) in [5, 5.41) is 14.9. The number of carbonyl (C=O) groups is 2. The van der Waals surface area contributed by atoms with E-state index in [1.165, 1.54) is 34.9 Å². The van der Waals surface area contributed by atoms with Crippen LogP contribution in [0.2, 0.25) is 5.02 Å². The highest BCUT2D eigenvalue weighted by atomic mass is 35.5. The first-order valence-electron chi connectivity index (χ1n) is 12.2. The van der Waals surface area contributed by atoms with E-state index in [2.05, 4.69) is 22.1 Å². The molecule has 8 nitrogen and oxygen atoms in total. The molecule has 38 heavy (non-hydrogen) atoms. The van der Waals surface area contributed by atoms with E-state index in [1.807, 2.05) is 11.4 Å². The second-order valence-electron chi connectivity index (χ2n) is 9.46. The van der Waals surface area contributed by atoms with Crippen molar-refractivity contribution in [1.29, 1.82) is 0 Å². The van der Waals surface area contributed by atoms with Crippen LogP contribution in [0, 0.1) is 11.7 Å². The number of carboxylic acids is 1. The van der Waals surface area contributed by atoms with Gasteiger partial charge in [0.1, 0.15) is 0 Å². The van der Waals surface area contributed by atoms with Gasteiger partial charge >= 0.3 is 5.97 Å². The number of aliphatic carboxylic acids is 1. The molecule has 2 N–H and O–H groups in total. The summed E-state index contributed by atoms with van der Waals surface area (Å²) in [5.41, 5.74) is 0.896. The molecule has 13 heteroatoms. The van der Waals surface area contributed by atoms with Crippen LogP contribution in [0.5, 0.6) is 0 Å². The second-order valence-corrected chi connectivity index (χ2v) is 11.9. The number of hydrogen-bond acceptors (Lipinski definition) is 8. The van der Waals surface area contributed by atoms with Crippen LogP contribution in [0.15, 0.2) is 23.7 Å². The molecule has 1 amide bonds. The topological polar surface area (TPSA) is 98.7 Å². The van der Waals surface area contributed by atoms with Crippen LogP contribution < -0.4 is 10.2 Å². The Morgan fingerprint density at radius 2 is 2.00 bits per heavy atom. The molecule has 0 spiro atoms. The van der Waals surface area contributed by atoms with Crippen molar-refractivity contribution in [2.45, 2.75) is 45.2 Å². The van der Waals surface area contributed by atoms with E-state index in [-0.39, 0.29) is 23.8 Å². The van der Waals surface area contributed by atoms with Crippen LogP contribution in [0.1, 0.15) is 47.8 Å². The second kappa shape index (κ2) is 12.3. The van der Waals surface area contributed by atoms with Crippen LogP contribution >= 0.6 is 46.7 Å². The van der Waals surface area contributed by atoms with E-state index in [0.29, 0.717) is 42.1 Å². The van der Waals surface area contributed by atoms with E-state index < -0.39 is 23.6 Å². The van der Waals surface area contributed by atoms with E-state index in [4.69, 9.17) is 16.6 Å². The number of amides is 1. The molecule has 5 heterocycles. The van der Waals surface area contributed by atoms with Crippen LogP contribution in [-0.4, -0.2) is 57.5 Å². The van der Waals surface area contributed by atoms with Gasteiger partial charge in [0.15, 0.2) is 16.8 Å². The van der Waals surface area contributed by atoms with Crippen LogP contribution in [0.25, 0.3) is 10.6 Å². The molecule has 3 aromatic rings. The number of rotatable bonds is 7. The molecule has 1 atom stereocenters. The highest BCUT2D eigenvalue weighted by molar-refractivity contribution is 7.17. The third-order valence-corrected chi connectivity index (χ3v) is 9.22. The molecular weight excluding hydrogens is 572 g/mol. The number of halogens is 3. The first-order valence-corrected chi connectivity index (χ1v) is 14.3. The minimum absolute atomic E-state index is 0. The van der Waals surface area contributed by atoms with Gasteiger partial charge < -0.3 is 10.0 Å². The molecule has 0 radical (unpaired) electrons. The average Bonchev–Trinajstić information content (AvgIpc) is 3.59. The molecule has 0 aromatic carbocycles. The van der Waals surface area contributed by atoms with Gasteiger partial charge in [-0.25, -0.2) is 14.4 Å². The summed E-state index contributed by atoms with van der Waals surface area (Å²) in [7, 11) is 0. The minimum Gasteiger partial charge on any atom is -0.481 e. The fourth-order valence-electron chi connectivity index (χ4n) is 4.85. The average molecular weight is 601 g/mol. The summed E-state index contributed by atoms with van der Waals surface area (Å²) in [6.07, 6.45) is 4.53. The lowest BCUT2D eigenvalue weighted by atomic mass is 9.97. The van der Waals surface area contributed by atoms with Gasteiger partial charge in [0.2, 0.25) is 0 Å². The summed E-state index contributed by atoms with van der Waals surface area (Å²) in [4.78, 5) is 39.2. The van der Waals surface area contributed by atoms with E-state index in [0.717, 1.165) is 41.4 Å². The fourth-order valence-corrected chi connectivity index (χ4v) is 7.00. The Kier molecular flexibility index (Phi) is 9.25. The summed E-state index contributed by atoms with van der Waals surface area (Å²) in [6, 6.07) is 3.53. The van der Waals surface area contributed by atoms with Crippen molar-refractivity contribution in [3.8, 4) is 10.6 Å². The standard InChI is InChI=1S/C25H27ClFN5O3S2.ClH/c1-14-3-2-6-32(14)12-20-21(19-10-17(26)13-36-19)29-25(37-20)30-23(33)16-9-18(27)22(28-11-16)31-7-4-15(5-8-31)24(34)35;/h9-11,13-15H,2-8,12H2,1H3,(H,34,35)(H,29,30,33);1H/t14-;/m1./s1. The van der Waals surface area contributed by atoms with Crippen molar-refractivity contribution in [2.24, 2.45) is 5.92 Å². The van der Waals surface area contributed by atoms with Gasteiger partial charge in [0, 0.05) is 42.1 Å². The van der Waals surface area contributed by atoms with Gasteiger partial charge in [-0.15, -0.1) is 23.7 Å². The molecule has 2 aliphatic heterocycles. The molecule has 5 rings (SSSR count). The predicted octanol–water partition coefficient (Wildman–Crippen LogP) is 6.02. The number of piperidine rings is 1. The number of likely N-dealkylation sites (tertiary alicyclic amines) is 1. The van der Waals surface area contributed by atoms with Gasteiger partial charge in [-0.3, -0.25) is 19.8 Å². The lowest BCUT2D eigenvalue weighted by Gasteiger charge is -2.31. The molecule has 0 saturated carbocycles. The number of carboxylic acid groups (broad SMARTS) is 1. The summed E-state index contributed by atoms with van der Waals surface area (Å²) >= 11 is 9.09. The zero-order chi connectivity index (χ0) is 26.1. The van der Waals surface area contributed by atoms with E-state index in [1.54, 1.807) is 4.90 Å². The van der Waals surface area contributed by atoms with Crippen molar-refractivity contribution in [1.82, 2.24) is 14.9 Å². The Hall–Kier alpha value is -2.31. The molecule has 204 valence electrons. The number of pyridine rings is 1. The number of carbonyl (C=O) groups excluding carboxylic acids is 1. The normalized spacial score (nSPS) is 18.4. The molecule has 2 fully saturated rings. The lowest BCUT2D eigenvalue weighted by molar-refractivity contribution is -0.142. The number of anilines is 2. The molecule has 0 bridgehead atoms. The SMILES string of the molecule is C[C@@H]1CCCN1Cc1sc(NC(=O)c2cnc(N3CCC(C(=O)O)CC3)c(F)c2)nc1-c1cc(Cl)cs1.Cl.